The van der Waals surface area contributed by atoms with Crippen LogP contribution >= 0.6 is 0 Å². The minimum Gasteiger partial charge on any atom is -0.497 e. The van der Waals surface area contributed by atoms with E-state index < -0.39 is 12.0 Å². The molecular formula is C33H31N3O6. The lowest BCUT2D eigenvalue weighted by molar-refractivity contribution is -0.137. The molecule has 1 atom stereocenters. The second-order valence-corrected chi connectivity index (χ2v) is 9.59. The van der Waals surface area contributed by atoms with Crippen LogP contribution in [-0.4, -0.2) is 48.1 Å². The Morgan fingerprint density at radius 1 is 0.905 bits per heavy atom. The van der Waals surface area contributed by atoms with Gasteiger partial charge >= 0.3 is 5.97 Å². The van der Waals surface area contributed by atoms with Gasteiger partial charge in [0.15, 0.2) is 11.4 Å². The zero-order valence-corrected chi connectivity index (χ0v) is 23.1. The molecule has 1 aromatic heterocycles. The van der Waals surface area contributed by atoms with Gasteiger partial charge < -0.3 is 29.6 Å². The van der Waals surface area contributed by atoms with Gasteiger partial charge in [-0.1, -0.05) is 36.4 Å². The average molecular weight is 566 g/mol. The summed E-state index contributed by atoms with van der Waals surface area (Å²) in [6.07, 6.45) is 0.215. The highest BCUT2D eigenvalue weighted by molar-refractivity contribution is 6.12. The topological polar surface area (TPSA) is 123 Å². The zero-order chi connectivity index (χ0) is 29.3. The Morgan fingerprint density at radius 2 is 1.62 bits per heavy atom. The first-order chi connectivity index (χ1) is 20.5. The molecule has 0 aliphatic carbocycles. The van der Waals surface area contributed by atoms with Crippen LogP contribution in [0.25, 0.3) is 11.1 Å². The molecule has 0 spiro atoms. The normalized spacial score (nSPS) is 11.6. The third-order valence-corrected chi connectivity index (χ3v) is 6.68. The summed E-state index contributed by atoms with van der Waals surface area (Å²) in [7, 11) is 1.56. The first-order valence-corrected chi connectivity index (χ1v) is 13.5. The van der Waals surface area contributed by atoms with Gasteiger partial charge in [0.2, 0.25) is 5.89 Å². The van der Waals surface area contributed by atoms with Gasteiger partial charge in [-0.2, -0.15) is 0 Å². The lowest BCUT2D eigenvalue weighted by Crippen LogP contribution is -2.32. The van der Waals surface area contributed by atoms with E-state index >= 15 is 0 Å². The van der Waals surface area contributed by atoms with E-state index in [0.717, 1.165) is 16.7 Å². The Labute approximate surface area is 243 Å². The number of hydrogen-bond donors (Lipinski definition) is 3. The summed E-state index contributed by atoms with van der Waals surface area (Å²) in [6.45, 7) is 1.54. The van der Waals surface area contributed by atoms with Crippen molar-refractivity contribution in [2.45, 2.75) is 19.0 Å². The number of nitrogens with zero attached hydrogens (tertiary/aromatic N) is 1. The number of oxazole rings is 1. The summed E-state index contributed by atoms with van der Waals surface area (Å²) in [5, 5.41) is 16.2. The molecule has 0 aliphatic heterocycles. The third kappa shape index (κ3) is 7.13. The van der Waals surface area contributed by atoms with Gasteiger partial charge in [-0.15, -0.1) is 0 Å². The molecule has 42 heavy (non-hydrogen) atoms. The van der Waals surface area contributed by atoms with Crippen molar-refractivity contribution in [3.05, 3.63) is 120 Å². The van der Waals surface area contributed by atoms with Gasteiger partial charge in [-0.3, -0.25) is 4.79 Å². The third-order valence-electron chi connectivity index (χ3n) is 6.68. The van der Waals surface area contributed by atoms with Crippen LogP contribution < -0.4 is 20.1 Å². The van der Waals surface area contributed by atoms with E-state index in [4.69, 9.17) is 13.9 Å². The van der Waals surface area contributed by atoms with Crippen molar-refractivity contribution >= 4 is 28.5 Å². The molecule has 9 nitrogen and oxygen atoms in total. The smallest absolute Gasteiger partial charge is 0.326 e. The summed E-state index contributed by atoms with van der Waals surface area (Å²) in [6, 6.07) is 27.7. The van der Waals surface area contributed by atoms with Crippen LogP contribution in [0.3, 0.4) is 0 Å². The molecule has 5 rings (SSSR count). The van der Waals surface area contributed by atoms with E-state index in [-0.39, 0.29) is 12.2 Å². The van der Waals surface area contributed by atoms with Crippen molar-refractivity contribution < 1.29 is 28.6 Å². The molecule has 0 saturated carbocycles. The number of aliphatic carboxylic acids is 1. The van der Waals surface area contributed by atoms with E-state index in [1.807, 2.05) is 48.5 Å². The van der Waals surface area contributed by atoms with Crippen molar-refractivity contribution in [1.29, 1.82) is 0 Å². The molecule has 0 radical (unpaired) electrons. The number of carbonyl (C=O) groups is 2. The molecule has 1 unspecified atom stereocenters. The number of carbonyl (C=O) groups excluding carboxylic acids is 1. The maximum atomic E-state index is 13.2. The Kier molecular flexibility index (Phi) is 9.10. The van der Waals surface area contributed by atoms with E-state index in [9.17, 15) is 14.7 Å². The maximum absolute atomic E-state index is 13.2. The molecule has 0 saturated heterocycles. The van der Waals surface area contributed by atoms with Crippen molar-refractivity contribution in [1.82, 2.24) is 10.3 Å². The summed E-state index contributed by atoms with van der Waals surface area (Å²) < 4.78 is 16.7. The zero-order valence-electron chi connectivity index (χ0n) is 23.1. The standard InChI is InChI=1S/C33H31N3O6/c1-40-24-16-12-23(13-17-24)32(37)26-6-2-3-7-27(26)35-29(33(38)39)20-22-10-14-25(15-11-22)41-19-18-34-21-31-36-28-8-4-5-9-30(28)42-31/h2-17,29,34-35H,18-21H2,1H3,(H,38,39). The molecule has 0 bridgehead atoms. The molecule has 3 N–H and O–H groups in total. The van der Waals surface area contributed by atoms with Crippen molar-refractivity contribution in [3.8, 4) is 11.5 Å². The number of ether oxygens (including phenoxy) is 2. The minimum atomic E-state index is -1.02. The number of para-hydroxylation sites is 3. The molecule has 214 valence electrons. The van der Waals surface area contributed by atoms with Gasteiger partial charge in [-0.05, 0) is 66.2 Å². The minimum absolute atomic E-state index is 0.213. The van der Waals surface area contributed by atoms with Gasteiger partial charge in [0, 0.05) is 29.8 Å². The number of hydrogen-bond acceptors (Lipinski definition) is 8. The second-order valence-electron chi connectivity index (χ2n) is 9.59. The molecule has 0 fully saturated rings. The molecule has 0 aliphatic rings. The van der Waals surface area contributed by atoms with Gasteiger partial charge in [0.1, 0.15) is 29.7 Å². The monoisotopic (exact) mass is 565 g/mol. The number of methoxy groups -OCH3 is 1. The predicted molar refractivity (Wildman–Crippen MR) is 159 cm³/mol. The Morgan fingerprint density at radius 3 is 2.36 bits per heavy atom. The van der Waals surface area contributed by atoms with Crippen LogP contribution in [0, 0.1) is 0 Å². The number of nitrogens with one attached hydrogen (secondary N) is 2. The summed E-state index contributed by atoms with van der Waals surface area (Å²) >= 11 is 0. The fraction of sp³-hybridized carbons (Fsp3) is 0.182. The molecule has 9 heteroatoms. The van der Waals surface area contributed by atoms with E-state index in [2.05, 4.69) is 15.6 Å². The Balaban J connectivity index is 1.14. The number of carboxylic acids is 1. The average Bonchev–Trinajstić information content (AvgIpc) is 3.44. The summed E-state index contributed by atoms with van der Waals surface area (Å²) in [5.74, 6) is 0.711. The fourth-order valence-corrected chi connectivity index (χ4v) is 4.48. The first-order valence-electron chi connectivity index (χ1n) is 13.5. The molecule has 0 amide bonds. The van der Waals surface area contributed by atoms with Crippen LogP contribution in [0.15, 0.2) is 101 Å². The Hall–Kier alpha value is -5.15. The fourth-order valence-electron chi connectivity index (χ4n) is 4.48. The number of benzene rings is 4. The predicted octanol–water partition coefficient (Wildman–Crippen LogP) is 5.34. The largest absolute Gasteiger partial charge is 0.497 e. The van der Waals surface area contributed by atoms with Crippen molar-refractivity contribution in [3.63, 3.8) is 0 Å². The molecule has 5 aromatic rings. The van der Waals surface area contributed by atoms with Crippen molar-refractivity contribution in [2.24, 2.45) is 0 Å². The molecule has 4 aromatic carbocycles. The highest BCUT2D eigenvalue weighted by Crippen LogP contribution is 2.23. The van der Waals surface area contributed by atoms with Crippen LogP contribution in [0.5, 0.6) is 11.5 Å². The second kappa shape index (κ2) is 13.5. The first kappa shape index (κ1) is 28.4. The van der Waals surface area contributed by atoms with Gasteiger partial charge in [0.25, 0.3) is 0 Å². The summed E-state index contributed by atoms with van der Waals surface area (Å²) in [5.41, 5.74) is 3.73. The van der Waals surface area contributed by atoms with Gasteiger partial charge in [-0.25, -0.2) is 9.78 Å². The number of ketones is 1. The van der Waals surface area contributed by atoms with E-state index in [1.165, 1.54) is 0 Å². The number of anilines is 1. The number of carboxylic acid groups (broad SMARTS) is 1. The quantitative estimate of drug-likeness (QED) is 0.121. The number of rotatable bonds is 14. The summed E-state index contributed by atoms with van der Waals surface area (Å²) in [4.78, 5) is 29.8. The number of aromatic nitrogens is 1. The SMILES string of the molecule is COc1ccc(C(=O)c2ccccc2NC(Cc2ccc(OCCNCc3nc4ccccc4o3)cc2)C(=O)O)cc1. The molecule has 1 heterocycles. The molecular weight excluding hydrogens is 534 g/mol. The van der Waals surface area contributed by atoms with Crippen LogP contribution in [0.1, 0.15) is 27.4 Å². The lowest BCUT2D eigenvalue weighted by Gasteiger charge is -2.18. The van der Waals surface area contributed by atoms with Crippen molar-refractivity contribution in [2.75, 3.05) is 25.6 Å². The Bertz CT molecular complexity index is 1610. The van der Waals surface area contributed by atoms with Crippen LogP contribution in [0.2, 0.25) is 0 Å². The van der Waals surface area contributed by atoms with E-state index in [1.54, 1.807) is 55.6 Å². The van der Waals surface area contributed by atoms with E-state index in [0.29, 0.717) is 53.9 Å². The lowest BCUT2D eigenvalue weighted by atomic mass is 10.00. The van der Waals surface area contributed by atoms with Crippen LogP contribution in [-0.2, 0) is 17.8 Å². The number of fused-ring (bicyclic) bond motifs is 1. The highest BCUT2D eigenvalue weighted by atomic mass is 16.5. The highest BCUT2D eigenvalue weighted by Gasteiger charge is 2.21. The maximum Gasteiger partial charge on any atom is 0.326 e. The van der Waals surface area contributed by atoms with Crippen LogP contribution in [0.4, 0.5) is 5.69 Å². The van der Waals surface area contributed by atoms with Gasteiger partial charge in [0.05, 0.1) is 13.7 Å².